The molecule has 0 radical (unpaired) electrons. The molecule has 2 rings (SSSR count). The molecule has 0 spiro atoms. The van der Waals surface area contributed by atoms with E-state index in [1.165, 1.54) is 0 Å². The first-order valence-corrected chi connectivity index (χ1v) is 9.02. The third-order valence-electron chi connectivity index (χ3n) is 4.54. The number of nitrogens with zero attached hydrogens (tertiary/aromatic N) is 1. The van der Waals surface area contributed by atoms with E-state index in [0.29, 0.717) is 30.9 Å². The summed E-state index contributed by atoms with van der Waals surface area (Å²) in [5, 5.41) is 6.25. The van der Waals surface area contributed by atoms with Crippen molar-refractivity contribution in [2.75, 3.05) is 32.7 Å². The Balaban J connectivity index is 1.59. The molecule has 0 saturated carbocycles. The number of carbonyl (C=O) groups excluding carboxylic acids is 2. The normalized spacial score (nSPS) is 15.3. The number of piperidine rings is 1. The van der Waals surface area contributed by atoms with E-state index in [-0.39, 0.29) is 11.8 Å². The van der Waals surface area contributed by atoms with Crippen molar-refractivity contribution in [2.45, 2.75) is 32.6 Å². The summed E-state index contributed by atoms with van der Waals surface area (Å²) < 4.78 is 0. The van der Waals surface area contributed by atoms with Crippen LogP contribution >= 0.6 is 0 Å². The molecule has 1 aliphatic rings. The number of carbonyl (C=O) groups is 2. The Morgan fingerprint density at radius 3 is 2.54 bits per heavy atom. The van der Waals surface area contributed by atoms with E-state index in [0.717, 1.165) is 39.0 Å². The van der Waals surface area contributed by atoms with E-state index >= 15 is 0 Å². The maximum atomic E-state index is 12.2. The molecule has 1 fully saturated rings. The quantitative estimate of drug-likeness (QED) is 0.717. The summed E-state index contributed by atoms with van der Waals surface area (Å²) in [6.45, 7) is 6.46. The van der Waals surface area contributed by atoms with Crippen LogP contribution in [0.15, 0.2) is 30.3 Å². The number of likely N-dealkylation sites (tertiary alicyclic amines) is 1. The van der Waals surface area contributed by atoms with Gasteiger partial charge < -0.3 is 15.5 Å². The van der Waals surface area contributed by atoms with Crippen LogP contribution < -0.4 is 10.6 Å². The average molecular weight is 331 g/mol. The van der Waals surface area contributed by atoms with Crippen molar-refractivity contribution >= 4 is 11.8 Å². The van der Waals surface area contributed by atoms with E-state index in [1.54, 1.807) is 12.1 Å². The zero-order chi connectivity index (χ0) is 17.2. The highest BCUT2D eigenvalue weighted by atomic mass is 16.2. The standard InChI is InChI=1S/C19H29N3O2/c1-2-20-15-16-10-13-22(14-11-16)18(23)9-6-12-21-19(24)17-7-4-3-5-8-17/h3-5,7-8,16,20H,2,6,9-15H2,1H3,(H,21,24). The highest BCUT2D eigenvalue weighted by molar-refractivity contribution is 5.94. The van der Waals surface area contributed by atoms with Gasteiger partial charge in [0.2, 0.25) is 5.91 Å². The minimum atomic E-state index is -0.0766. The fraction of sp³-hybridized carbons (Fsp3) is 0.579. The molecule has 2 amide bonds. The second-order valence-electron chi connectivity index (χ2n) is 6.36. The summed E-state index contributed by atoms with van der Waals surface area (Å²) in [5.41, 5.74) is 0.659. The molecular formula is C19H29N3O2. The zero-order valence-electron chi connectivity index (χ0n) is 14.6. The van der Waals surface area contributed by atoms with Gasteiger partial charge in [0.05, 0.1) is 0 Å². The monoisotopic (exact) mass is 331 g/mol. The number of benzene rings is 1. The lowest BCUT2D eigenvalue weighted by molar-refractivity contribution is -0.132. The lowest BCUT2D eigenvalue weighted by atomic mass is 9.96. The van der Waals surface area contributed by atoms with Gasteiger partial charge in [-0.15, -0.1) is 0 Å². The van der Waals surface area contributed by atoms with Crippen molar-refractivity contribution < 1.29 is 9.59 Å². The molecule has 0 aliphatic carbocycles. The van der Waals surface area contributed by atoms with Crippen molar-refractivity contribution in [3.8, 4) is 0 Å². The van der Waals surface area contributed by atoms with E-state index in [2.05, 4.69) is 17.6 Å². The Kier molecular flexibility index (Phi) is 7.75. The molecule has 5 heteroatoms. The molecular weight excluding hydrogens is 302 g/mol. The summed E-state index contributed by atoms with van der Waals surface area (Å²) in [6.07, 6.45) is 3.37. The van der Waals surface area contributed by atoms with Crippen LogP contribution in [-0.2, 0) is 4.79 Å². The maximum absolute atomic E-state index is 12.2. The van der Waals surface area contributed by atoms with Crippen LogP contribution in [0.3, 0.4) is 0 Å². The number of hydrogen-bond acceptors (Lipinski definition) is 3. The number of amides is 2. The second-order valence-corrected chi connectivity index (χ2v) is 6.36. The van der Waals surface area contributed by atoms with Gasteiger partial charge >= 0.3 is 0 Å². The molecule has 0 bridgehead atoms. The van der Waals surface area contributed by atoms with Gasteiger partial charge in [0.1, 0.15) is 0 Å². The van der Waals surface area contributed by atoms with Crippen molar-refractivity contribution in [2.24, 2.45) is 5.92 Å². The zero-order valence-corrected chi connectivity index (χ0v) is 14.6. The third-order valence-corrected chi connectivity index (χ3v) is 4.54. The molecule has 0 aromatic heterocycles. The van der Waals surface area contributed by atoms with Gasteiger partial charge in [-0.25, -0.2) is 0 Å². The molecule has 1 aromatic carbocycles. The lowest BCUT2D eigenvalue weighted by Crippen LogP contribution is -2.41. The van der Waals surface area contributed by atoms with Gasteiger partial charge in [-0.1, -0.05) is 25.1 Å². The van der Waals surface area contributed by atoms with Crippen LogP contribution in [0.5, 0.6) is 0 Å². The summed E-state index contributed by atoms with van der Waals surface area (Å²) in [7, 11) is 0. The number of nitrogens with one attached hydrogen (secondary N) is 2. The summed E-state index contributed by atoms with van der Waals surface area (Å²) in [4.78, 5) is 26.1. The van der Waals surface area contributed by atoms with Gasteiger partial charge in [-0.05, 0) is 50.4 Å². The van der Waals surface area contributed by atoms with Crippen molar-refractivity contribution in [1.82, 2.24) is 15.5 Å². The van der Waals surface area contributed by atoms with Crippen LogP contribution in [-0.4, -0.2) is 49.4 Å². The maximum Gasteiger partial charge on any atom is 0.251 e. The van der Waals surface area contributed by atoms with Crippen LogP contribution in [0.2, 0.25) is 0 Å². The second kappa shape index (κ2) is 10.1. The third kappa shape index (κ3) is 5.96. The first kappa shape index (κ1) is 18.5. The highest BCUT2D eigenvalue weighted by Crippen LogP contribution is 2.17. The minimum absolute atomic E-state index is 0.0766. The molecule has 0 unspecified atom stereocenters. The summed E-state index contributed by atoms with van der Waals surface area (Å²) in [5.74, 6) is 0.831. The first-order chi connectivity index (χ1) is 11.7. The van der Waals surface area contributed by atoms with Crippen LogP contribution in [0.25, 0.3) is 0 Å². The smallest absolute Gasteiger partial charge is 0.251 e. The predicted octanol–water partition coefficient (Wildman–Crippen LogP) is 2.04. The molecule has 1 aliphatic heterocycles. The van der Waals surface area contributed by atoms with Gasteiger partial charge in [-0.3, -0.25) is 9.59 Å². The molecule has 1 aromatic rings. The van der Waals surface area contributed by atoms with Gasteiger partial charge in [0.25, 0.3) is 5.91 Å². The first-order valence-electron chi connectivity index (χ1n) is 9.02. The van der Waals surface area contributed by atoms with E-state index in [9.17, 15) is 9.59 Å². The van der Waals surface area contributed by atoms with Crippen molar-refractivity contribution in [3.05, 3.63) is 35.9 Å². The minimum Gasteiger partial charge on any atom is -0.352 e. The summed E-state index contributed by atoms with van der Waals surface area (Å²) in [6, 6.07) is 9.16. The fourth-order valence-electron chi connectivity index (χ4n) is 3.03. The Morgan fingerprint density at radius 1 is 1.17 bits per heavy atom. The number of rotatable bonds is 8. The van der Waals surface area contributed by atoms with Gasteiger partial charge in [0.15, 0.2) is 0 Å². The average Bonchev–Trinajstić information content (AvgIpc) is 2.64. The van der Waals surface area contributed by atoms with Crippen molar-refractivity contribution in [1.29, 1.82) is 0 Å². The van der Waals surface area contributed by atoms with Crippen LogP contribution in [0, 0.1) is 5.92 Å². The Bertz CT molecular complexity index is 511. The van der Waals surface area contributed by atoms with E-state index in [1.807, 2.05) is 23.1 Å². The largest absolute Gasteiger partial charge is 0.352 e. The lowest BCUT2D eigenvalue weighted by Gasteiger charge is -2.32. The fourth-order valence-corrected chi connectivity index (χ4v) is 3.03. The topological polar surface area (TPSA) is 61.4 Å². The Hall–Kier alpha value is -1.88. The van der Waals surface area contributed by atoms with Crippen LogP contribution in [0.4, 0.5) is 0 Å². The molecule has 2 N–H and O–H groups in total. The Labute approximate surface area is 144 Å². The Morgan fingerprint density at radius 2 is 1.88 bits per heavy atom. The van der Waals surface area contributed by atoms with E-state index < -0.39 is 0 Å². The van der Waals surface area contributed by atoms with Gasteiger partial charge in [-0.2, -0.15) is 0 Å². The molecule has 5 nitrogen and oxygen atoms in total. The molecule has 132 valence electrons. The number of hydrogen-bond donors (Lipinski definition) is 2. The molecule has 0 atom stereocenters. The predicted molar refractivity (Wildman–Crippen MR) is 95.9 cm³/mol. The van der Waals surface area contributed by atoms with Crippen molar-refractivity contribution in [3.63, 3.8) is 0 Å². The summed E-state index contributed by atoms with van der Waals surface area (Å²) >= 11 is 0. The van der Waals surface area contributed by atoms with E-state index in [4.69, 9.17) is 0 Å². The molecule has 24 heavy (non-hydrogen) atoms. The SMILES string of the molecule is CCNCC1CCN(C(=O)CCCNC(=O)c2ccccc2)CC1. The highest BCUT2D eigenvalue weighted by Gasteiger charge is 2.21. The molecule has 1 saturated heterocycles. The molecule has 1 heterocycles. The van der Waals surface area contributed by atoms with Crippen LogP contribution in [0.1, 0.15) is 43.0 Å². The van der Waals surface area contributed by atoms with Gasteiger partial charge in [0, 0.05) is 31.6 Å².